The maximum atomic E-state index is 14.0. The molecule has 0 spiro atoms. The molecule has 7 nitrogen and oxygen atoms in total. The lowest BCUT2D eigenvalue weighted by molar-refractivity contribution is -0.136. The molecule has 4 N–H and O–H groups in total. The number of H-pyrrole nitrogens is 1. The molecule has 3 aromatic carbocycles. The molecule has 1 aliphatic carbocycles. The van der Waals surface area contributed by atoms with Crippen molar-refractivity contribution in [3.63, 3.8) is 0 Å². The van der Waals surface area contributed by atoms with Gasteiger partial charge < -0.3 is 25.5 Å². The molecule has 226 valence electrons. The number of rotatable bonds is 7. The van der Waals surface area contributed by atoms with Gasteiger partial charge >= 0.3 is 6.18 Å². The number of alkyl halides is 3. The van der Waals surface area contributed by atoms with E-state index in [1.165, 1.54) is 13.1 Å². The number of aromatic nitrogens is 1. The lowest BCUT2D eigenvalue weighted by Crippen LogP contribution is -2.50. The van der Waals surface area contributed by atoms with Crippen LogP contribution in [0.4, 0.5) is 13.2 Å². The first-order chi connectivity index (χ1) is 20.4. The highest BCUT2D eigenvalue weighted by Crippen LogP contribution is 2.44. The van der Waals surface area contributed by atoms with Crippen molar-refractivity contribution in [1.82, 2.24) is 15.6 Å². The van der Waals surface area contributed by atoms with E-state index in [9.17, 15) is 27.9 Å². The Balaban J connectivity index is 1.58. The van der Waals surface area contributed by atoms with Crippen LogP contribution in [0.5, 0.6) is 5.75 Å². The van der Waals surface area contributed by atoms with Crippen molar-refractivity contribution in [2.75, 3.05) is 13.7 Å². The quantitative estimate of drug-likeness (QED) is 0.188. The van der Waals surface area contributed by atoms with Gasteiger partial charge in [-0.1, -0.05) is 35.9 Å². The monoisotopic (exact) mass is 613 g/mol. The number of hydrogen-bond acceptors (Lipinski definition) is 4. The van der Waals surface area contributed by atoms with Crippen LogP contribution >= 0.6 is 11.6 Å². The summed E-state index contributed by atoms with van der Waals surface area (Å²) in [6.07, 6.45) is -3.51. The molecule has 5 rings (SSSR count). The Morgan fingerprint density at radius 3 is 2.44 bits per heavy atom. The van der Waals surface area contributed by atoms with E-state index in [0.29, 0.717) is 58.3 Å². The predicted molar refractivity (Wildman–Crippen MR) is 159 cm³/mol. The van der Waals surface area contributed by atoms with Crippen LogP contribution in [0.2, 0.25) is 5.02 Å². The number of aromatic amines is 1. The van der Waals surface area contributed by atoms with Crippen LogP contribution in [-0.4, -0.2) is 41.7 Å². The van der Waals surface area contributed by atoms with Gasteiger partial charge in [0.05, 0.1) is 45.5 Å². The number of halogens is 4. The highest BCUT2D eigenvalue weighted by Gasteiger charge is 2.42. The summed E-state index contributed by atoms with van der Waals surface area (Å²) in [5, 5.41) is 16.8. The van der Waals surface area contributed by atoms with E-state index in [1.54, 1.807) is 42.5 Å². The number of amides is 2. The Hall–Kier alpha value is -4.02. The minimum absolute atomic E-state index is 0.0723. The van der Waals surface area contributed by atoms with Gasteiger partial charge in [0, 0.05) is 23.7 Å². The molecule has 43 heavy (non-hydrogen) atoms. The van der Waals surface area contributed by atoms with Crippen molar-refractivity contribution in [1.29, 1.82) is 0 Å². The second-order valence-corrected chi connectivity index (χ2v) is 11.3. The molecule has 0 saturated heterocycles. The highest BCUT2D eigenvalue weighted by molar-refractivity contribution is 6.34. The molecule has 1 unspecified atom stereocenters. The lowest BCUT2D eigenvalue weighted by atomic mass is 9.78. The Labute approximate surface area is 251 Å². The summed E-state index contributed by atoms with van der Waals surface area (Å²) in [7, 11) is 1.50. The van der Waals surface area contributed by atoms with Crippen LogP contribution in [0, 0.1) is 0 Å². The van der Waals surface area contributed by atoms with Crippen LogP contribution in [-0.2, 0) is 18.1 Å². The molecule has 4 aromatic rings. The standard InChI is InChI=1S/C32H31ClF3N3O4/c1-17(2)43-26-12-10-18(19-9-11-20(24(33)15-19)29(41)37-3)14-22(26)30(42)39-31(16-40)13-5-8-25-27(31)21-6-4-7-23(28(21)38-25)32(34,35)36/h4,6-7,9-12,14-15,17,38,40H,5,8,13,16H2,1-3H3,(H,37,41)(H,39,42). The summed E-state index contributed by atoms with van der Waals surface area (Å²) in [5.74, 6) is -0.598. The Morgan fingerprint density at radius 1 is 1.07 bits per heavy atom. The second-order valence-electron chi connectivity index (χ2n) is 10.9. The van der Waals surface area contributed by atoms with E-state index in [2.05, 4.69) is 15.6 Å². The second kappa shape index (κ2) is 11.6. The van der Waals surface area contributed by atoms with E-state index in [0.717, 1.165) is 6.07 Å². The summed E-state index contributed by atoms with van der Waals surface area (Å²) >= 11 is 6.38. The molecule has 1 aromatic heterocycles. The fraction of sp³-hybridized carbons (Fsp3) is 0.312. The first kappa shape index (κ1) is 30.4. The van der Waals surface area contributed by atoms with Gasteiger partial charge in [0.1, 0.15) is 5.75 Å². The molecule has 2 amide bonds. The minimum Gasteiger partial charge on any atom is -0.490 e. The molecular formula is C32H31ClF3N3O4. The van der Waals surface area contributed by atoms with E-state index < -0.39 is 29.8 Å². The van der Waals surface area contributed by atoms with Crippen molar-refractivity contribution >= 4 is 34.3 Å². The SMILES string of the molecule is CNC(=O)c1ccc(-c2ccc(OC(C)C)c(C(=O)NC3(CO)CCCc4[nH]c5c(C(F)(F)F)cccc5c43)c2)cc1Cl. The molecule has 0 bridgehead atoms. The minimum atomic E-state index is -4.58. The lowest BCUT2D eigenvalue weighted by Gasteiger charge is -2.37. The van der Waals surface area contributed by atoms with E-state index >= 15 is 0 Å². The van der Waals surface area contributed by atoms with Gasteiger partial charge in [0.15, 0.2) is 0 Å². The third-order valence-corrected chi connectivity index (χ3v) is 8.02. The van der Waals surface area contributed by atoms with Gasteiger partial charge in [0.2, 0.25) is 0 Å². The van der Waals surface area contributed by atoms with Gasteiger partial charge in [0.25, 0.3) is 11.8 Å². The van der Waals surface area contributed by atoms with Crippen LogP contribution in [0.15, 0.2) is 54.6 Å². The molecule has 11 heteroatoms. The van der Waals surface area contributed by atoms with E-state index in [4.69, 9.17) is 16.3 Å². The van der Waals surface area contributed by atoms with Gasteiger partial charge in [-0.15, -0.1) is 0 Å². The Morgan fingerprint density at radius 2 is 1.79 bits per heavy atom. The van der Waals surface area contributed by atoms with Gasteiger partial charge in [-0.25, -0.2) is 0 Å². The first-order valence-electron chi connectivity index (χ1n) is 13.9. The van der Waals surface area contributed by atoms with Crippen LogP contribution in [0.3, 0.4) is 0 Å². The third-order valence-electron chi connectivity index (χ3n) is 7.71. The smallest absolute Gasteiger partial charge is 0.418 e. The Bertz CT molecular complexity index is 1720. The van der Waals surface area contributed by atoms with Crippen molar-refractivity contribution in [3.8, 4) is 16.9 Å². The van der Waals surface area contributed by atoms with Crippen molar-refractivity contribution in [3.05, 3.63) is 87.6 Å². The zero-order valence-electron chi connectivity index (χ0n) is 23.8. The van der Waals surface area contributed by atoms with E-state index in [-0.39, 0.29) is 28.1 Å². The maximum Gasteiger partial charge on any atom is 0.418 e. The van der Waals surface area contributed by atoms with Gasteiger partial charge in [-0.3, -0.25) is 9.59 Å². The maximum absolute atomic E-state index is 14.0. The number of aliphatic hydroxyl groups excluding tert-OH is 1. The normalized spacial score (nSPS) is 16.7. The molecule has 1 heterocycles. The average Bonchev–Trinajstić information content (AvgIpc) is 3.36. The predicted octanol–water partition coefficient (Wildman–Crippen LogP) is 6.61. The van der Waals surface area contributed by atoms with Gasteiger partial charge in [-0.05, 0) is 74.6 Å². The molecule has 0 aliphatic heterocycles. The number of nitrogens with one attached hydrogen (secondary N) is 3. The summed E-state index contributed by atoms with van der Waals surface area (Å²) in [6, 6.07) is 13.9. The molecule has 0 saturated carbocycles. The average molecular weight is 614 g/mol. The Kier molecular flexibility index (Phi) is 8.20. The molecule has 1 atom stereocenters. The number of hydrogen-bond donors (Lipinski definition) is 4. The molecule has 0 radical (unpaired) electrons. The molecular weight excluding hydrogens is 583 g/mol. The summed E-state index contributed by atoms with van der Waals surface area (Å²) in [5.41, 5.74) is 0.531. The largest absolute Gasteiger partial charge is 0.490 e. The summed E-state index contributed by atoms with van der Waals surface area (Å²) < 4.78 is 47.5. The molecule has 1 aliphatic rings. The number of carbonyl (C=O) groups is 2. The highest BCUT2D eigenvalue weighted by atomic mass is 35.5. The number of aliphatic hydroxyl groups is 1. The summed E-state index contributed by atoms with van der Waals surface area (Å²) in [6.45, 7) is 3.12. The summed E-state index contributed by atoms with van der Waals surface area (Å²) in [4.78, 5) is 29.1. The van der Waals surface area contributed by atoms with Crippen LogP contribution in [0.1, 0.15) is 64.2 Å². The van der Waals surface area contributed by atoms with Crippen molar-refractivity contribution < 1.29 is 32.6 Å². The fourth-order valence-electron chi connectivity index (χ4n) is 5.80. The zero-order chi connectivity index (χ0) is 31.1. The van der Waals surface area contributed by atoms with Gasteiger partial charge in [-0.2, -0.15) is 13.2 Å². The molecule has 0 fully saturated rings. The number of aryl methyl sites for hydroxylation is 1. The van der Waals surface area contributed by atoms with Crippen LogP contribution in [0.25, 0.3) is 22.0 Å². The number of fused-ring (bicyclic) bond motifs is 3. The van der Waals surface area contributed by atoms with Crippen molar-refractivity contribution in [2.24, 2.45) is 0 Å². The topological polar surface area (TPSA) is 103 Å². The first-order valence-corrected chi connectivity index (χ1v) is 14.2. The number of benzene rings is 3. The number of para-hydroxylation sites is 1. The number of carbonyl (C=O) groups excluding carboxylic acids is 2. The number of ether oxygens (including phenoxy) is 1. The zero-order valence-corrected chi connectivity index (χ0v) is 24.5. The fourth-order valence-corrected chi connectivity index (χ4v) is 6.06. The van der Waals surface area contributed by atoms with Crippen molar-refractivity contribution in [2.45, 2.75) is 50.9 Å². The van der Waals surface area contributed by atoms with E-state index in [1.807, 2.05) is 13.8 Å². The third kappa shape index (κ3) is 5.69. The van der Waals surface area contributed by atoms with Crippen LogP contribution < -0.4 is 15.4 Å².